The lowest BCUT2D eigenvalue weighted by Crippen LogP contribution is -2.23. The van der Waals surface area contributed by atoms with Crippen molar-refractivity contribution in [3.05, 3.63) is 24.3 Å². The van der Waals surface area contributed by atoms with Crippen molar-refractivity contribution < 1.29 is 9.94 Å². The second-order valence-electron chi connectivity index (χ2n) is 5.05. The summed E-state index contributed by atoms with van der Waals surface area (Å²) < 4.78 is 5.57. The Balaban J connectivity index is 1.95. The normalized spacial score (nSPS) is 17.0. The van der Waals surface area contributed by atoms with E-state index in [0.717, 1.165) is 30.8 Å². The second-order valence-corrected chi connectivity index (χ2v) is 5.05. The molecule has 1 aliphatic carbocycles. The van der Waals surface area contributed by atoms with Crippen molar-refractivity contribution in [3.63, 3.8) is 0 Å². The summed E-state index contributed by atoms with van der Waals surface area (Å²) in [6.07, 6.45) is 2.84. The van der Waals surface area contributed by atoms with E-state index in [1.54, 1.807) is 0 Å². The molecule has 0 aliphatic heterocycles. The van der Waals surface area contributed by atoms with E-state index in [-0.39, 0.29) is 5.41 Å². The van der Waals surface area contributed by atoms with Crippen LogP contribution < -0.4 is 15.8 Å². The van der Waals surface area contributed by atoms with Crippen LogP contribution in [0.2, 0.25) is 0 Å². The zero-order valence-electron chi connectivity index (χ0n) is 11.2. The van der Waals surface area contributed by atoms with Crippen molar-refractivity contribution in [1.29, 1.82) is 0 Å². The summed E-state index contributed by atoms with van der Waals surface area (Å²) in [7, 11) is 0. The fourth-order valence-corrected chi connectivity index (χ4v) is 2.19. The Morgan fingerprint density at radius 2 is 2.21 bits per heavy atom. The molecule has 5 heteroatoms. The van der Waals surface area contributed by atoms with Gasteiger partial charge in [-0.2, -0.15) is 0 Å². The van der Waals surface area contributed by atoms with E-state index in [1.807, 2.05) is 31.2 Å². The number of amidine groups is 1. The molecule has 0 unspecified atom stereocenters. The van der Waals surface area contributed by atoms with Gasteiger partial charge in [-0.15, -0.1) is 0 Å². The number of anilines is 1. The molecule has 0 saturated heterocycles. The Hall–Kier alpha value is -1.91. The highest BCUT2D eigenvalue weighted by atomic mass is 16.5. The van der Waals surface area contributed by atoms with Crippen molar-refractivity contribution >= 4 is 11.5 Å². The molecular formula is C14H21N3O2. The molecule has 0 radical (unpaired) electrons. The van der Waals surface area contributed by atoms with Gasteiger partial charge in [0.25, 0.3) is 0 Å². The van der Waals surface area contributed by atoms with Crippen molar-refractivity contribution in [2.75, 3.05) is 18.5 Å². The van der Waals surface area contributed by atoms with E-state index in [0.29, 0.717) is 18.9 Å². The molecule has 0 heterocycles. The largest absolute Gasteiger partial charge is 0.492 e. The van der Waals surface area contributed by atoms with Gasteiger partial charge >= 0.3 is 0 Å². The van der Waals surface area contributed by atoms with Crippen LogP contribution in [-0.2, 0) is 0 Å². The van der Waals surface area contributed by atoms with Crippen LogP contribution in [0.25, 0.3) is 0 Å². The van der Waals surface area contributed by atoms with Gasteiger partial charge in [0.15, 0.2) is 0 Å². The molecule has 1 aliphatic rings. The SMILES string of the molecule is CCOc1ccccc1NCC1(CC(N)=NO)CC1. The van der Waals surface area contributed by atoms with E-state index in [1.165, 1.54) is 0 Å². The summed E-state index contributed by atoms with van der Waals surface area (Å²) in [4.78, 5) is 0. The summed E-state index contributed by atoms with van der Waals surface area (Å²) in [5.74, 6) is 1.17. The van der Waals surface area contributed by atoms with Gasteiger partial charge < -0.3 is 21.0 Å². The smallest absolute Gasteiger partial charge is 0.142 e. The van der Waals surface area contributed by atoms with Crippen molar-refractivity contribution in [2.45, 2.75) is 26.2 Å². The third kappa shape index (κ3) is 3.53. The number of nitrogens with one attached hydrogen (secondary N) is 1. The Bertz CT molecular complexity index is 456. The predicted molar refractivity (Wildman–Crippen MR) is 75.8 cm³/mol. The van der Waals surface area contributed by atoms with Gasteiger partial charge in [0.05, 0.1) is 12.3 Å². The minimum absolute atomic E-state index is 0.135. The van der Waals surface area contributed by atoms with Crippen LogP contribution in [-0.4, -0.2) is 24.2 Å². The number of hydrogen-bond donors (Lipinski definition) is 3. The first-order chi connectivity index (χ1) is 9.19. The number of hydrogen-bond acceptors (Lipinski definition) is 4. The molecule has 1 fully saturated rings. The molecule has 4 N–H and O–H groups in total. The van der Waals surface area contributed by atoms with Crippen LogP contribution in [0.15, 0.2) is 29.4 Å². The predicted octanol–water partition coefficient (Wildman–Crippen LogP) is 2.41. The molecule has 19 heavy (non-hydrogen) atoms. The maximum absolute atomic E-state index is 8.65. The Kier molecular flexibility index (Phi) is 4.14. The fraction of sp³-hybridized carbons (Fsp3) is 0.500. The van der Waals surface area contributed by atoms with E-state index >= 15 is 0 Å². The number of nitrogens with two attached hydrogens (primary N) is 1. The number of nitrogens with zero attached hydrogens (tertiary/aromatic N) is 1. The van der Waals surface area contributed by atoms with Crippen molar-refractivity contribution in [3.8, 4) is 5.75 Å². The van der Waals surface area contributed by atoms with Crippen LogP contribution in [0.1, 0.15) is 26.2 Å². The van der Waals surface area contributed by atoms with Gasteiger partial charge in [-0.25, -0.2) is 0 Å². The molecule has 1 aromatic rings. The maximum Gasteiger partial charge on any atom is 0.142 e. The molecule has 0 bridgehead atoms. The lowest BCUT2D eigenvalue weighted by Gasteiger charge is -2.18. The molecule has 5 nitrogen and oxygen atoms in total. The quantitative estimate of drug-likeness (QED) is 0.305. The summed E-state index contributed by atoms with van der Waals surface area (Å²) >= 11 is 0. The zero-order valence-corrected chi connectivity index (χ0v) is 11.2. The van der Waals surface area contributed by atoms with Crippen molar-refractivity contribution in [2.24, 2.45) is 16.3 Å². The molecule has 0 spiro atoms. The van der Waals surface area contributed by atoms with Gasteiger partial charge in [-0.3, -0.25) is 0 Å². The summed E-state index contributed by atoms with van der Waals surface area (Å²) in [6.45, 7) is 3.43. The molecule has 0 amide bonds. The van der Waals surface area contributed by atoms with Crippen LogP contribution in [0.3, 0.4) is 0 Å². The third-order valence-electron chi connectivity index (χ3n) is 3.48. The molecule has 0 aromatic heterocycles. The van der Waals surface area contributed by atoms with E-state index in [2.05, 4.69) is 10.5 Å². The van der Waals surface area contributed by atoms with Crippen LogP contribution in [0.4, 0.5) is 5.69 Å². The summed E-state index contributed by atoms with van der Waals surface area (Å²) in [5.41, 5.74) is 6.72. The van der Waals surface area contributed by atoms with Gasteiger partial charge in [-0.05, 0) is 37.3 Å². The number of para-hydroxylation sites is 2. The van der Waals surface area contributed by atoms with Crippen LogP contribution in [0.5, 0.6) is 5.75 Å². The van der Waals surface area contributed by atoms with E-state index in [9.17, 15) is 0 Å². The minimum atomic E-state index is 0.135. The maximum atomic E-state index is 8.65. The Morgan fingerprint density at radius 3 is 2.84 bits per heavy atom. The minimum Gasteiger partial charge on any atom is -0.492 e. The van der Waals surface area contributed by atoms with Gasteiger partial charge in [-0.1, -0.05) is 17.3 Å². The fourth-order valence-electron chi connectivity index (χ4n) is 2.19. The molecule has 104 valence electrons. The number of benzene rings is 1. The van der Waals surface area contributed by atoms with Crippen LogP contribution >= 0.6 is 0 Å². The lowest BCUT2D eigenvalue weighted by atomic mass is 10.0. The molecule has 1 saturated carbocycles. The standard InChI is InChI=1S/C14H21N3O2/c1-2-19-12-6-4-3-5-11(12)16-10-14(7-8-14)9-13(15)17-18/h3-6,16,18H,2,7-10H2,1H3,(H2,15,17). The monoisotopic (exact) mass is 263 g/mol. The first kappa shape index (κ1) is 13.5. The lowest BCUT2D eigenvalue weighted by molar-refractivity contribution is 0.315. The van der Waals surface area contributed by atoms with Crippen LogP contribution in [0, 0.1) is 5.41 Å². The average Bonchev–Trinajstić information content (AvgIpc) is 3.18. The van der Waals surface area contributed by atoms with Gasteiger partial charge in [0.2, 0.25) is 0 Å². The average molecular weight is 263 g/mol. The highest BCUT2D eigenvalue weighted by Crippen LogP contribution is 2.49. The Labute approximate surface area is 113 Å². The van der Waals surface area contributed by atoms with Gasteiger partial charge in [0.1, 0.15) is 11.6 Å². The zero-order chi connectivity index (χ0) is 13.7. The first-order valence-corrected chi connectivity index (χ1v) is 6.61. The first-order valence-electron chi connectivity index (χ1n) is 6.61. The summed E-state index contributed by atoms with van der Waals surface area (Å²) in [6, 6.07) is 7.90. The molecule has 0 atom stereocenters. The second kappa shape index (κ2) is 5.82. The molecule has 1 aromatic carbocycles. The van der Waals surface area contributed by atoms with Crippen molar-refractivity contribution in [1.82, 2.24) is 0 Å². The van der Waals surface area contributed by atoms with Gasteiger partial charge in [0, 0.05) is 13.0 Å². The number of ether oxygens (including phenoxy) is 1. The topological polar surface area (TPSA) is 79.9 Å². The summed E-state index contributed by atoms with van der Waals surface area (Å²) in [5, 5.41) is 15.1. The number of oxime groups is 1. The van der Waals surface area contributed by atoms with E-state index in [4.69, 9.17) is 15.7 Å². The molecule has 2 rings (SSSR count). The molecular weight excluding hydrogens is 242 g/mol. The Morgan fingerprint density at radius 1 is 1.47 bits per heavy atom. The number of rotatable bonds is 7. The third-order valence-corrected chi connectivity index (χ3v) is 3.48. The highest BCUT2D eigenvalue weighted by molar-refractivity contribution is 5.80. The van der Waals surface area contributed by atoms with E-state index < -0.39 is 0 Å². The highest BCUT2D eigenvalue weighted by Gasteiger charge is 2.43.